The highest BCUT2D eigenvalue weighted by molar-refractivity contribution is 5.75. The van der Waals surface area contributed by atoms with Crippen LogP contribution in [0.25, 0.3) is 0 Å². The molecule has 4 unspecified atom stereocenters. The summed E-state index contributed by atoms with van der Waals surface area (Å²) in [4.78, 5) is 15.1. The van der Waals surface area contributed by atoms with Gasteiger partial charge in [-0.25, -0.2) is 0 Å². The van der Waals surface area contributed by atoms with Crippen LogP contribution in [-0.4, -0.2) is 41.7 Å². The Kier molecular flexibility index (Phi) is 18.8. The number of carbonyl (C=O) groups is 1. The molecule has 2 fully saturated rings. The van der Waals surface area contributed by atoms with Crippen molar-refractivity contribution in [3.05, 3.63) is 70.8 Å². The van der Waals surface area contributed by atoms with Crippen molar-refractivity contribution in [3.8, 4) is 0 Å². The summed E-state index contributed by atoms with van der Waals surface area (Å²) in [5.41, 5.74) is 4.12. The van der Waals surface area contributed by atoms with E-state index in [1.807, 2.05) is 12.1 Å². The molecular weight excluding hydrogens is 608 g/mol. The number of nitrogens with zero attached hydrogens (tertiary/aromatic N) is 1. The van der Waals surface area contributed by atoms with Gasteiger partial charge in [0.15, 0.2) is 6.29 Å². The van der Waals surface area contributed by atoms with Gasteiger partial charge in [-0.1, -0.05) is 159 Å². The molecule has 49 heavy (non-hydrogen) atoms. The van der Waals surface area contributed by atoms with E-state index in [2.05, 4.69) is 60.5 Å². The predicted molar refractivity (Wildman–Crippen MR) is 201 cm³/mol. The van der Waals surface area contributed by atoms with Gasteiger partial charge >= 0.3 is 0 Å². The van der Waals surface area contributed by atoms with Crippen molar-refractivity contribution in [1.29, 1.82) is 0 Å². The minimum absolute atomic E-state index is 0.0386. The molecule has 2 aromatic carbocycles. The van der Waals surface area contributed by atoms with Gasteiger partial charge in [-0.3, -0.25) is 4.79 Å². The summed E-state index contributed by atoms with van der Waals surface area (Å²) in [6, 6.07) is 16.5. The molecule has 2 aromatic rings. The standard InChI is InChI=1S/C43H68N2O4/c1-3-4-5-6-7-8-9-10-11-12-13-15-18-21-41(47)44-32-36-22-28-39(29-23-36)43-48-40(33-45-30-19-16-14-17-20-31-45)35(2)42(49-43)38-26-24-37(34-46)25-27-38/h22-29,35,40,42-43,46H,3-21,30-34H2,1-2H3,(H,44,47). The molecule has 2 heterocycles. The Morgan fingerprint density at radius 2 is 1.24 bits per heavy atom. The van der Waals surface area contributed by atoms with Crippen LogP contribution in [0.1, 0.15) is 170 Å². The van der Waals surface area contributed by atoms with Crippen LogP contribution in [0.2, 0.25) is 0 Å². The third-order valence-electron chi connectivity index (χ3n) is 10.8. The van der Waals surface area contributed by atoms with Crippen molar-refractivity contribution in [2.45, 2.75) is 167 Å². The number of ether oxygens (including phenoxy) is 2. The summed E-state index contributed by atoms with van der Waals surface area (Å²) in [5, 5.41) is 12.7. The third-order valence-corrected chi connectivity index (χ3v) is 10.8. The Morgan fingerprint density at radius 1 is 0.714 bits per heavy atom. The third kappa shape index (κ3) is 14.5. The Labute approximate surface area is 298 Å². The van der Waals surface area contributed by atoms with E-state index in [1.54, 1.807) is 0 Å². The molecule has 0 spiro atoms. The fourth-order valence-electron chi connectivity index (χ4n) is 7.46. The van der Waals surface area contributed by atoms with Crippen LogP contribution in [0.3, 0.4) is 0 Å². The second-order valence-electron chi connectivity index (χ2n) is 14.9. The number of aliphatic hydroxyl groups excluding tert-OH is 1. The van der Waals surface area contributed by atoms with Crippen LogP contribution < -0.4 is 5.32 Å². The number of carbonyl (C=O) groups excluding carboxylic acids is 1. The number of nitrogens with one attached hydrogen (secondary N) is 1. The van der Waals surface area contributed by atoms with Crippen molar-refractivity contribution in [2.75, 3.05) is 19.6 Å². The minimum atomic E-state index is -0.460. The summed E-state index contributed by atoms with van der Waals surface area (Å²) >= 11 is 0. The van der Waals surface area contributed by atoms with Crippen LogP contribution in [0.5, 0.6) is 0 Å². The van der Waals surface area contributed by atoms with Crippen LogP contribution in [0, 0.1) is 5.92 Å². The zero-order valence-electron chi connectivity index (χ0n) is 31.0. The number of likely N-dealkylation sites (tertiary alicyclic amines) is 1. The van der Waals surface area contributed by atoms with Crippen molar-refractivity contribution < 1.29 is 19.4 Å². The first-order valence-corrected chi connectivity index (χ1v) is 20.2. The smallest absolute Gasteiger partial charge is 0.220 e. The van der Waals surface area contributed by atoms with Crippen molar-refractivity contribution >= 4 is 5.91 Å². The summed E-state index contributed by atoms with van der Waals surface area (Å²) in [6.07, 6.45) is 23.7. The van der Waals surface area contributed by atoms with Crippen molar-refractivity contribution in [2.24, 2.45) is 5.92 Å². The molecule has 2 aliphatic heterocycles. The summed E-state index contributed by atoms with van der Waals surface area (Å²) < 4.78 is 13.4. The lowest BCUT2D eigenvalue weighted by Gasteiger charge is -2.43. The lowest BCUT2D eigenvalue weighted by molar-refractivity contribution is -0.276. The Hall–Kier alpha value is -2.25. The molecule has 4 atom stereocenters. The highest BCUT2D eigenvalue weighted by Crippen LogP contribution is 2.42. The van der Waals surface area contributed by atoms with Gasteiger partial charge in [0.05, 0.1) is 18.8 Å². The van der Waals surface area contributed by atoms with E-state index in [1.165, 1.54) is 103 Å². The Morgan fingerprint density at radius 3 is 1.84 bits per heavy atom. The van der Waals surface area contributed by atoms with Crippen LogP contribution in [0.4, 0.5) is 0 Å². The quantitative estimate of drug-likeness (QED) is 0.129. The van der Waals surface area contributed by atoms with Gasteiger partial charge < -0.3 is 24.8 Å². The van der Waals surface area contributed by atoms with E-state index < -0.39 is 6.29 Å². The lowest BCUT2D eigenvalue weighted by Crippen LogP contribution is -2.45. The first kappa shape index (κ1) is 39.5. The summed E-state index contributed by atoms with van der Waals surface area (Å²) in [6.45, 7) is 8.28. The predicted octanol–water partition coefficient (Wildman–Crippen LogP) is 10.3. The highest BCUT2D eigenvalue weighted by Gasteiger charge is 2.39. The fraction of sp³-hybridized carbons (Fsp3) is 0.698. The summed E-state index contributed by atoms with van der Waals surface area (Å²) in [5.74, 6) is 0.327. The monoisotopic (exact) mass is 677 g/mol. The molecule has 0 aliphatic carbocycles. The van der Waals surface area contributed by atoms with Crippen LogP contribution >= 0.6 is 0 Å². The molecule has 6 heteroatoms. The Bertz CT molecular complexity index is 1150. The molecule has 2 aliphatic rings. The normalized spacial score (nSPS) is 22.0. The number of hydrogen-bond donors (Lipinski definition) is 2. The van der Waals surface area contributed by atoms with Crippen LogP contribution in [-0.2, 0) is 27.4 Å². The molecule has 2 N–H and O–H groups in total. The first-order valence-electron chi connectivity index (χ1n) is 20.2. The van der Waals surface area contributed by atoms with Gasteiger partial charge in [0.2, 0.25) is 5.91 Å². The molecule has 2 saturated heterocycles. The van der Waals surface area contributed by atoms with Crippen molar-refractivity contribution in [3.63, 3.8) is 0 Å². The summed E-state index contributed by atoms with van der Waals surface area (Å²) in [7, 11) is 0. The van der Waals surface area contributed by atoms with E-state index in [-0.39, 0.29) is 30.6 Å². The van der Waals surface area contributed by atoms with Gasteiger partial charge in [0.25, 0.3) is 0 Å². The number of rotatable bonds is 21. The molecule has 274 valence electrons. The second kappa shape index (κ2) is 23.3. The van der Waals surface area contributed by atoms with Gasteiger partial charge in [-0.15, -0.1) is 0 Å². The molecule has 0 saturated carbocycles. The second-order valence-corrected chi connectivity index (χ2v) is 14.9. The number of amides is 1. The van der Waals surface area contributed by atoms with Gasteiger partial charge in [0, 0.05) is 31.0 Å². The number of unbranched alkanes of at least 4 members (excludes halogenated alkanes) is 12. The molecular formula is C43H68N2O4. The molecule has 1 amide bonds. The van der Waals surface area contributed by atoms with E-state index >= 15 is 0 Å². The van der Waals surface area contributed by atoms with Gasteiger partial charge in [-0.2, -0.15) is 0 Å². The molecule has 6 nitrogen and oxygen atoms in total. The zero-order chi connectivity index (χ0) is 34.5. The topological polar surface area (TPSA) is 71.0 Å². The first-order chi connectivity index (χ1) is 24.1. The van der Waals surface area contributed by atoms with Crippen LogP contribution in [0.15, 0.2) is 48.5 Å². The average molecular weight is 677 g/mol. The van der Waals surface area contributed by atoms with E-state index in [0.717, 1.165) is 54.7 Å². The average Bonchev–Trinajstić information content (AvgIpc) is 3.11. The molecule has 4 rings (SSSR count). The molecule has 0 radical (unpaired) electrons. The minimum Gasteiger partial charge on any atom is -0.392 e. The van der Waals surface area contributed by atoms with Gasteiger partial charge in [0.1, 0.15) is 0 Å². The molecule has 0 aromatic heterocycles. The number of aliphatic hydroxyl groups is 1. The Balaban J connectivity index is 1.20. The SMILES string of the molecule is CCCCCCCCCCCCCCCC(=O)NCc1ccc(C2OC(CN3CCCCCCC3)C(C)C(c3ccc(CO)cc3)O2)cc1. The fourth-order valence-corrected chi connectivity index (χ4v) is 7.46. The van der Waals surface area contributed by atoms with E-state index in [9.17, 15) is 9.90 Å². The maximum atomic E-state index is 12.5. The van der Waals surface area contributed by atoms with Crippen molar-refractivity contribution in [1.82, 2.24) is 10.2 Å². The zero-order valence-corrected chi connectivity index (χ0v) is 31.0. The number of benzene rings is 2. The highest BCUT2D eigenvalue weighted by atomic mass is 16.7. The largest absolute Gasteiger partial charge is 0.392 e. The lowest BCUT2D eigenvalue weighted by atomic mass is 9.89. The van der Waals surface area contributed by atoms with E-state index in [4.69, 9.17) is 9.47 Å². The maximum absolute atomic E-state index is 12.5. The number of hydrogen-bond acceptors (Lipinski definition) is 5. The van der Waals surface area contributed by atoms with Gasteiger partial charge in [-0.05, 0) is 49.0 Å². The molecule has 0 bridgehead atoms. The van der Waals surface area contributed by atoms with E-state index in [0.29, 0.717) is 13.0 Å². The maximum Gasteiger partial charge on any atom is 0.220 e.